The number of carbonyl (C=O) groups is 2. The Morgan fingerprint density at radius 1 is 0.532 bits per heavy atom. The molecule has 1 fully saturated rings. The maximum absolute atomic E-state index is 11.8. The standard InChI is InChI=1S/C80H114O10Si5.C9H14O3.C2H6/c1-18-19-27-61-54-63(37-45-77(61)87-57-67(85-5)47-48-81)79(2,3)64-38-46-78(88-58-68(86-6)56-84-4)62(55-64)30-25-50-93(12,13)70-41-39-69(40-42-70)92(10,11)49-24-28-59-52-65(35-43-75(59)82)80(73-33-22-20-31-71(73)72-32-21-23-34-74(72)80)66-36-44-76(83)60(53-66)29-26-51-94(14,15)90-95(16,17)89-91(7,8)9;1-6(10)7-4-2-3-5-8(7)9(11)12;1-2/h20-23,31-46,52-55,67-68,81-83H,18-19,24-30,47-51,56-58H2,1-17H3;7-8H,2-5H2,1H3,(H,11,12);1-2H3. The van der Waals surface area contributed by atoms with E-state index in [1.165, 1.54) is 61.8 Å². The highest BCUT2D eigenvalue weighted by Gasteiger charge is 2.47. The third-order valence-electron chi connectivity index (χ3n) is 22.5. The first kappa shape index (κ1) is 89.9. The number of methoxy groups -OCH3 is 3. The van der Waals surface area contributed by atoms with Crippen molar-refractivity contribution in [3.8, 4) is 34.1 Å². The number of ether oxygens (including phenoxy) is 5. The molecule has 4 unspecified atom stereocenters. The Hall–Kier alpha value is -6.28. The van der Waals surface area contributed by atoms with E-state index < -0.39 is 58.6 Å². The van der Waals surface area contributed by atoms with Crippen molar-refractivity contribution in [3.63, 3.8) is 0 Å². The summed E-state index contributed by atoms with van der Waals surface area (Å²) in [5.74, 6) is 1.00. The van der Waals surface area contributed by atoms with Crippen molar-refractivity contribution in [1.82, 2.24) is 0 Å². The Kier molecular flexibility index (Phi) is 33.4. The first-order valence-electron chi connectivity index (χ1n) is 40.4. The number of ketones is 1. The Bertz CT molecular complexity index is 3980. The molecule has 0 aromatic heterocycles. The van der Waals surface area contributed by atoms with Gasteiger partial charge in [-0.1, -0.05) is 237 Å². The predicted octanol–water partition coefficient (Wildman–Crippen LogP) is 20.2. The molecule has 7 aromatic carbocycles. The lowest BCUT2D eigenvalue weighted by Crippen LogP contribution is -2.51. The first-order valence-corrected chi connectivity index (χ1v) is 56.2. The van der Waals surface area contributed by atoms with Crippen LogP contribution < -0.4 is 19.8 Å². The highest BCUT2D eigenvalue weighted by molar-refractivity contribution is 6.91. The molecule has 1 saturated carbocycles. The van der Waals surface area contributed by atoms with Gasteiger partial charge in [-0.05, 0) is 208 Å². The van der Waals surface area contributed by atoms with Gasteiger partial charge in [0.1, 0.15) is 48.1 Å². The number of carboxylic acid groups (broad SMARTS) is 1. The van der Waals surface area contributed by atoms with Gasteiger partial charge in [0, 0.05) is 39.3 Å². The van der Waals surface area contributed by atoms with E-state index in [1.54, 1.807) is 21.3 Å². The average molecular weight is 1580 g/mol. The van der Waals surface area contributed by atoms with Crippen molar-refractivity contribution in [2.45, 2.75) is 245 Å². The Morgan fingerprint density at radius 3 is 1.39 bits per heavy atom. The Balaban J connectivity index is 0.00000107. The maximum Gasteiger partial charge on any atom is 0.311 e. The molecule has 4 N–H and O–H groups in total. The number of aromatic hydroxyl groups is 2. The van der Waals surface area contributed by atoms with Crippen molar-refractivity contribution in [1.29, 1.82) is 0 Å². The largest absolute Gasteiger partial charge is 0.508 e. The monoisotopic (exact) mass is 1570 g/mol. The number of aliphatic hydroxyl groups is 1. The van der Waals surface area contributed by atoms with Crippen LogP contribution in [0.25, 0.3) is 11.1 Å². The van der Waals surface area contributed by atoms with Crippen LogP contribution in [0.4, 0.5) is 0 Å². The van der Waals surface area contributed by atoms with Crippen molar-refractivity contribution in [2.24, 2.45) is 11.8 Å². The molecule has 18 heteroatoms. The fourth-order valence-electron chi connectivity index (χ4n) is 16.5. The fraction of sp³-hybridized carbons (Fsp3) is 0.516. The number of Topliss-reactive ketones (excluding diaryl/α,β-unsaturated/α-hetero) is 1. The third-order valence-corrected chi connectivity index (χ3v) is 39.7. The van der Waals surface area contributed by atoms with Gasteiger partial charge in [0.25, 0.3) is 0 Å². The molecule has 9 rings (SSSR count). The van der Waals surface area contributed by atoms with Gasteiger partial charge in [0.15, 0.2) is 16.6 Å². The number of aliphatic hydroxyl groups excluding tert-OH is 1. The summed E-state index contributed by atoms with van der Waals surface area (Å²) in [4.78, 5) is 21.8. The zero-order valence-electron chi connectivity index (χ0n) is 70.0. The topological polar surface area (TPSA) is 180 Å². The molecule has 0 heterocycles. The van der Waals surface area contributed by atoms with Crippen LogP contribution in [-0.4, -0.2) is 133 Å². The van der Waals surface area contributed by atoms with Gasteiger partial charge in [-0.3, -0.25) is 9.59 Å². The van der Waals surface area contributed by atoms with Gasteiger partial charge in [-0.25, -0.2) is 0 Å². The molecule has 2 aliphatic carbocycles. The van der Waals surface area contributed by atoms with E-state index in [1.807, 2.05) is 26.0 Å². The number of unbranched alkanes of at least 4 members (excludes halogenated alkanes) is 1. The lowest BCUT2D eigenvalue weighted by molar-refractivity contribution is -0.148. The molecular weight excluding hydrogens is 1440 g/mol. The Labute approximate surface area is 660 Å². The molecule has 7 aromatic rings. The van der Waals surface area contributed by atoms with Gasteiger partial charge in [-0.15, -0.1) is 0 Å². The Morgan fingerprint density at radius 2 is 0.972 bits per heavy atom. The van der Waals surface area contributed by atoms with Crippen molar-refractivity contribution >= 4 is 63.5 Å². The van der Waals surface area contributed by atoms with Crippen LogP contribution in [-0.2, 0) is 68.5 Å². The minimum Gasteiger partial charge on any atom is -0.508 e. The maximum atomic E-state index is 11.8. The number of phenols is 2. The van der Waals surface area contributed by atoms with Crippen LogP contribution in [0.15, 0.2) is 146 Å². The number of benzene rings is 7. The summed E-state index contributed by atoms with van der Waals surface area (Å²) < 4.78 is 43.2. The van der Waals surface area contributed by atoms with Gasteiger partial charge in [-0.2, -0.15) is 0 Å². The number of rotatable bonds is 39. The zero-order valence-corrected chi connectivity index (χ0v) is 75.0. The summed E-state index contributed by atoms with van der Waals surface area (Å²) in [6.07, 6.45) is 11.9. The number of hydrogen-bond acceptors (Lipinski definition) is 12. The van der Waals surface area contributed by atoms with Crippen LogP contribution in [0.1, 0.15) is 161 Å². The number of fused-ring (bicyclic) bond motifs is 3. The van der Waals surface area contributed by atoms with Crippen molar-refractivity contribution < 1.29 is 61.9 Å². The molecule has 13 nitrogen and oxygen atoms in total. The molecule has 2 aliphatic rings. The van der Waals surface area contributed by atoms with E-state index in [0.29, 0.717) is 44.2 Å². The second-order valence-corrected chi connectivity index (χ2v) is 56.4. The number of aryl methyl sites for hydroxylation is 4. The molecule has 0 saturated heterocycles. The summed E-state index contributed by atoms with van der Waals surface area (Å²) in [7, 11) is -4.84. The van der Waals surface area contributed by atoms with Crippen molar-refractivity contribution in [2.75, 3.05) is 47.8 Å². The van der Waals surface area contributed by atoms with Crippen LogP contribution in [0.2, 0.25) is 90.1 Å². The van der Waals surface area contributed by atoms with E-state index >= 15 is 0 Å². The van der Waals surface area contributed by atoms with E-state index in [0.717, 1.165) is 129 Å². The van der Waals surface area contributed by atoms with Gasteiger partial charge < -0.3 is 52.3 Å². The summed E-state index contributed by atoms with van der Waals surface area (Å²) in [5, 5.41) is 44.7. The van der Waals surface area contributed by atoms with Crippen LogP contribution in [0.3, 0.4) is 0 Å². The average Bonchev–Trinajstić information content (AvgIpc) is 1.39. The minimum absolute atomic E-state index is 0.0297. The summed E-state index contributed by atoms with van der Waals surface area (Å²) in [6, 6.07) is 56.6. The quantitative estimate of drug-likeness (QED) is 0.0268. The number of carboxylic acids is 1. The molecule has 4 atom stereocenters. The molecule has 0 spiro atoms. The number of aliphatic carboxylic acids is 1. The van der Waals surface area contributed by atoms with E-state index in [9.17, 15) is 24.9 Å². The first-order chi connectivity index (χ1) is 51.6. The zero-order chi connectivity index (χ0) is 80.1. The third kappa shape index (κ3) is 23.9. The summed E-state index contributed by atoms with van der Waals surface area (Å²) in [6.45, 7) is 39.4. The number of phenolic OH excluding ortho intramolecular Hbond substituents is 2. The SMILES string of the molecule is CC.CC(=O)C1CCCCC1C(=O)O.CCCCc1cc(C(C)(C)c2ccc(OCC(COC)OC)c(CCC[Si](C)(C)c3ccc([Si](C)(C)CCCc4cc(C5(c6ccc(O)c(CCC[Si](C)(C)O[Si](C)(C)O[Si](C)(C)C)c6)c6ccccc6-c6ccccc65)ccc4O)cc3)c2)ccc1OCC(CCO)OC. The molecule has 109 heavy (non-hydrogen) atoms. The normalized spacial score (nSPS) is 15.7. The molecule has 0 bridgehead atoms. The second kappa shape index (κ2) is 40.5. The summed E-state index contributed by atoms with van der Waals surface area (Å²) >= 11 is 0. The molecular formula is C91H134O13Si5. The van der Waals surface area contributed by atoms with E-state index in [2.05, 4.69) is 226 Å². The van der Waals surface area contributed by atoms with Gasteiger partial charge >= 0.3 is 14.5 Å². The summed E-state index contributed by atoms with van der Waals surface area (Å²) in [5.41, 5.74) is 12.9. The fourth-order valence-corrected chi connectivity index (χ4v) is 34.6. The number of carbonyl (C=O) groups excluding carboxylic acids is 1. The minimum atomic E-state index is -2.30. The van der Waals surface area contributed by atoms with Crippen molar-refractivity contribution in [3.05, 3.63) is 201 Å². The lowest BCUT2D eigenvalue weighted by atomic mass is 9.67. The number of hydrogen-bond donors (Lipinski definition) is 4. The second-order valence-electron chi connectivity index (χ2n) is 34.0. The van der Waals surface area contributed by atoms with E-state index in [4.69, 9.17) is 37.0 Å². The lowest BCUT2D eigenvalue weighted by Gasteiger charge is -2.37. The smallest absolute Gasteiger partial charge is 0.311 e. The molecule has 0 radical (unpaired) electrons. The van der Waals surface area contributed by atoms with Crippen LogP contribution in [0, 0.1) is 11.8 Å². The van der Waals surface area contributed by atoms with Crippen LogP contribution in [0.5, 0.6) is 23.0 Å². The van der Waals surface area contributed by atoms with Crippen LogP contribution >= 0.6 is 0 Å². The van der Waals surface area contributed by atoms with Gasteiger partial charge in [0.2, 0.25) is 0 Å². The predicted molar refractivity (Wildman–Crippen MR) is 463 cm³/mol. The molecule has 0 aliphatic heterocycles. The highest BCUT2D eigenvalue weighted by Crippen LogP contribution is 2.57. The highest BCUT2D eigenvalue weighted by atomic mass is 28.5. The molecule has 596 valence electrons. The van der Waals surface area contributed by atoms with Gasteiger partial charge in [0.05, 0.1) is 40.2 Å². The molecule has 0 amide bonds. The van der Waals surface area contributed by atoms with E-state index in [-0.39, 0.29) is 35.9 Å².